The van der Waals surface area contributed by atoms with E-state index in [1.807, 2.05) is 13.0 Å². The topological polar surface area (TPSA) is 60.2 Å². The van der Waals surface area contributed by atoms with Crippen LogP contribution < -0.4 is 5.73 Å². The highest BCUT2D eigenvalue weighted by molar-refractivity contribution is 6.37. The van der Waals surface area contributed by atoms with Crippen molar-refractivity contribution in [3.8, 4) is 0 Å². The Morgan fingerprint density at radius 3 is 2.42 bits per heavy atom. The average molecular weight is 350 g/mol. The van der Waals surface area contributed by atoms with Crippen molar-refractivity contribution in [2.75, 3.05) is 0 Å². The molecule has 0 aliphatic heterocycles. The lowest BCUT2D eigenvalue weighted by molar-refractivity contribution is -0.136. The van der Waals surface area contributed by atoms with Crippen molar-refractivity contribution in [3.63, 3.8) is 0 Å². The van der Waals surface area contributed by atoms with Crippen molar-refractivity contribution in [2.45, 2.75) is 58.9 Å². The van der Waals surface area contributed by atoms with Gasteiger partial charge in [0.15, 0.2) is 5.78 Å². The molecule has 3 unspecified atom stereocenters. The average Bonchev–Trinajstić information content (AvgIpc) is 2.50. The van der Waals surface area contributed by atoms with Gasteiger partial charge in [-0.05, 0) is 41.9 Å². The number of hydrogen-bond acceptors (Lipinski definition) is 3. The first kappa shape index (κ1) is 19.1. The summed E-state index contributed by atoms with van der Waals surface area (Å²) in [6.07, 6.45) is 3.84. The summed E-state index contributed by atoms with van der Waals surface area (Å²) in [6, 6.07) is 5.20. The van der Waals surface area contributed by atoms with Gasteiger partial charge in [-0.1, -0.05) is 56.8 Å². The van der Waals surface area contributed by atoms with E-state index < -0.39 is 0 Å². The summed E-state index contributed by atoms with van der Waals surface area (Å²) in [7, 11) is 0. The summed E-state index contributed by atoms with van der Waals surface area (Å²) in [4.78, 5) is 24.6. The zero-order valence-electron chi connectivity index (χ0n) is 14.8. The molecule has 2 N–H and O–H groups in total. The second-order valence-electron chi connectivity index (χ2n) is 7.44. The molecule has 0 amide bonds. The lowest BCUT2D eigenvalue weighted by atomic mass is 9.69. The summed E-state index contributed by atoms with van der Waals surface area (Å²) in [5, 5.41) is 0.667. The Bertz CT molecular complexity index is 604. The minimum absolute atomic E-state index is 0.124. The molecule has 0 saturated heterocycles. The molecule has 0 radical (unpaired) electrons. The van der Waals surface area contributed by atoms with Crippen molar-refractivity contribution < 1.29 is 9.59 Å². The van der Waals surface area contributed by atoms with Crippen LogP contribution in [0.1, 0.15) is 50.7 Å². The summed E-state index contributed by atoms with van der Waals surface area (Å²) in [5.74, 6) is 0.660. The van der Waals surface area contributed by atoms with Gasteiger partial charge in [0, 0.05) is 23.9 Å². The molecule has 1 aliphatic rings. The molecule has 2 rings (SSSR count). The molecule has 0 heterocycles. The molecule has 3 atom stereocenters. The first-order valence-corrected chi connectivity index (χ1v) is 9.24. The quantitative estimate of drug-likeness (QED) is 0.786. The molecule has 0 bridgehead atoms. The van der Waals surface area contributed by atoms with Crippen LogP contribution in [0.3, 0.4) is 0 Å². The van der Waals surface area contributed by atoms with Crippen LogP contribution in [0.4, 0.5) is 0 Å². The number of ketones is 2. The van der Waals surface area contributed by atoms with Crippen molar-refractivity contribution in [2.24, 2.45) is 23.5 Å². The summed E-state index contributed by atoms with van der Waals surface area (Å²) < 4.78 is 0. The number of carbonyl (C=O) groups is 2. The molecule has 0 spiro atoms. The van der Waals surface area contributed by atoms with Gasteiger partial charge in [-0.15, -0.1) is 0 Å². The van der Waals surface area contributed by atoms with Crippen molar-refractivity contribution in [1.82, 2.24) is 0 Å². The number of Topliss-reactive ketones (excluding diaryl/α,β-unsaturated/α-hetero) is 2. The molecule has 1 saturated carbocycles. The van der Waals surface area contributed by atoms with Crippen molar-refractivity contribution >= 4 is 23.2 Å². The van der Waals surface area contributed by atoms with Gasteiger partial charge in [0.05, 0.1) is 0 Å². The maximum atomic E-state index is 12.3. The number of rotatable bonds is 6. The Hall–Kier alpha value is -1.19. The van der Waals surface area contributed by atoms with Gasteiger partial charge >= 0.3 is 0 Å². The number of hydrogen-bond donors (Lipinski definition) is 1. The van der Waals surface area contributed by atoms with Crippen LogP contribution in [0.2, 0.25) is 5.02 Å². The van der Waals surface area contributed by atoms with Gasteiger partial charge in [-0.2, -0.15) is 0 Å². The number of nitrogens with two attached hydrogens (primary N) is 1. The second-order valence-corrected chi connectivity index (χ2v) is 7.84. The molecule has 132 valence electrons. The highest BCUT2D eigenvalue weighted by Crippen LogP contribution is 2.36. The third kappa shape index (κ3) is 4.67. The SMILES string of the molecule is Cc1cc(CC(=O)C(=O)CC(N)C2C(C)CCCC2C)ccc1Cl. The smallest absolute Gasteiger partial charge is 0.202 e. The predicted molar refractivity (Wildman–Crippen MR) is 98.2 cm³/mol. The highest BCUT2D eigenvalue weighted by Gasteiger charge is 2.34. The van der Waals surface area contributed by atoms with Gasteiger partial charge in [0.2, 0.25) is 5.78 Å². The minimum Gasteiger partial charge on any atom is -0.327 e. The van der Waals surface area contributed by atoms with E-state index in [2.05, 4.69) is 13.8 Å². The third-order valence-electron chi connectivity index (χ3n) is 5.45. The normalized spacial score (nSPS) is 25.3. The lowest BCUT2D eigenvalue weighted by Crippen LogP contribution is -2.42. The van der Waals surface area contributed by atoms with Crippen LogP contribution >= 0.6 is 11.6 Å². The number of carbonyl (C=O) groups excluding carboxylic acids is 2. The van der Waals surface area contributed by atoms with Gasteiger partial charge in [-0.3, -0.25) is 9.59 Å². The fourth-order valence-electron chi connectivity index (χ4n) is 4.12. The molecular formula is C20H28ClNO2. The van der Waals surface area contributed by atoms with Crippen LogP contribution in [0.5, 0.6) is 0 Å². The number of benzene rings is 1. The summed E-state index contributed by atoms with van der Waals surface area (Å²) in [5.41, 5.74) is 8.05. The van der Waals surface area contributed by atoms with Crippen LogP contribution in [-0.4, -0.2) is 17.6 Å². The van der Waals surface area contributed by atoms with E-state index in [0.717, 1.165) is 24.0 Å². The zero-order valence-corrected chi connectivity index (χ0v) is 15.6. The van der Waals surface area contributed by atoms with Crippen LogP contribution in [-0.2, 0) is 16.0 Å². The van der Waals surface area contributed by atoms with Crippen LogP contribution in [0.25, 0.3) is 0 Å². The van der Waals surface area contributed by atoms with Gasteiger partial charge in [-0.25, -0.2) is 0 Å². The molecule has 24 heavy (non-hydrogen) atoms. The van der Waals surface area contributed by atoms with E-state index in [-0.39, 0.29) is 30.4 Å². The molecule has 3 nitrogen and oxygen atoms in total. The fraction of sp³-hybridized carbons (Fsp3) is 0.600. The van der Waals surface area contributed by atoms with Crippen molar-refractivity contribution in [1.29, 1.82) is 0 Å². The Labute approximate surface area is 150 Å². The van der Waals surface area contributed by atoms with E-state index in [0.29, 0.717) is 22.8 Å². The van der Waals surface area contributed by atoms with E-state index in [9.17, 15) is 9.59 Å². The van der Waals surface area contributed by atoms with E-state index >= 15 is 0 Å². The molecule has 0 aromatic heterocycles. The van der Waals surface area contributed by atoms with Crippen LogP contribution in [0, 0.1) is 24.7 Å². The maximum Gasteiger partial charge on any atom is 0.202 e. The predicted octanol–water partition coefficient (Wildman–Crippen LogP) is 4.12. The third-order valence-corrected chi connectivity index (χ3v) is 5.87. The zero-order chi connectivity index (χ0) is 17.9. The first-order valence-electron chi connectivity index (χ1n) is 8.86. The Kier molecular flexibility index (Phi) is 6.59. The monoisotopic (exact) mass is 349 g/mol. The van der Waals surface area contributed by atoms with Gasteiger partial charge in [0.25, 0.3) is 0 Å². The largest absolute Gasteiger partial charge is 0.327 e. The molecular weight excluding hydrogens is 322 g/mol. The van der Waals surface area contributed by atoms with Gasteiger partial charge < -0.3 is 5.73 Å². The first-order chi connectivity index (χ1) is 11.3. The Morgan fingerprint density at radius 1 is 1.21 bits per heavy atom. The molecule has 1 aliphatic carbocycles. The molecule has 1 aromatic carbocycles. The standard InChI is InChI=1S/C20H28ClNO2/c1-12-5-4-6-13(2)20(12)17(22)11-19(24)18(23)10-15-7-8-16(21)14(3)9-15/h7-9,12-13,17,20H,4-6,10-11,22H2,1-3H3. The van der Waals surface area contributed by atoms with E-state index in [4.69, 9.17) is 17.3 Å². The minimum atomic E-state index is -0.358. The number of aryl methyl sites for hydroxylation is 1. The van der Waals surface area contributed by atoms with Crippen molar-refractivity contribution in [3.05, 3.63) is 34.3 Å². The van der Waals surface area contributed by atoms with E-state index in [1.54, 1.807) is 12.1 Å². The van der Waals surface area contributed by atoms with Gasteiger partial charge in [0.1, 0.15) is 0 Å². The Balaban J connectivity index is 1.95. The fourth-order valence-corrected chi connectivity index (χ4v) is 4.23. The number of halogens is 1. The summed E-state index contributed by atoms with van der Waals surface area (Å²) in [6.45, 7) is 6.31. The molecule has 1 aromatic rings. The Morgan fingerprint density at radius 2 is 1.83 bits per heavy atom. The van der Waals surface area contributed by atoms with E-state index in [1.165, 1.54) is 6.42 Å². The lowest BCUT2D eigenvalue weighted by Gasteiger charge is -2.38. The maximum absolute atomic E-state index is 12.3. The molecule has 4 heteroatoms. The second kappa shape index (κ2) is 8.26. The molecule has 1 fully saturated rings. The van der Waals surface area contributed by atoms with Crippen LogP contribution in [0.15, 0.2) is 18.2 Å². The highest BCUT2D eigenvalue weighted by atomic mass is 35.5. The summed E-state index contributed by atoms with van der Waals surface area (Å²) >= 11 is 5.99.